The molecule has 1 heterocycles. The summed E-state index contributed by atoms with van der Waals surface area (Å²) in [6.45, 7) is 1.63. The summed E-state index contributed by atoms with van der Waals surface area (Å²) in [5, 5.41) is 2.53. The van der Waals surface area contributed by atoms with Gasteiger partial charge in [0.15, 0.2) is 29.6 Å². The van der Waals surface area contributed by atoms with Gasteiger partial charge >= 0.3 is 6.29 Å². The summed E-state index contributed by atoms with van der Waals surface area (Å²) in [5.41, 5.74) is 1.27. The number of aryl methyl sites for hydroxylation is 1. The topological polar surface area (TPSA) is 66.0 Å². The van der Waals surface area contributed by atoms with Gasteiger partial charge in [-0.3, -0.25) is 4.79 Å². The number of alkyl halides is 2. The van der Waals surface area contributed by atoms with Crippen LogP contribution in [0.1, 0.15) is 5.56 Å². The van der Waals surface area contributed by atoms with Gasteiger partial charge in [-0.05, 0) is 36.8 Å². The van der Waals surface area contributed by atoms with Gasteiger partial charge in [0.25, 0.3) is 5.91 Å². The molecule has 0 fully saturated rings. The third kappa shape index (κ3) is 3.90. The Morgan fingerprint density at radius 3 is 2.64 bits per heavy atom. The third-order valence-corrected chi connectivity index (χ3v) is 3.36. The molecule has 0 atom stereocenters. The van der Waals surface area contributed by atoms with Crippen LogP contribution < -0.4 is 24.3 Å². The molecule has 2 aromatic carbocycles. The van der Waals surface area contributed by atoms with E-state index in [0.29, 0.717) is 11.5 Å². The largest absolute Gasteiger partial charge is 0.586 e. The van der Waals surface area contributed by atoms with Crippen LogP contribution in [0.3, 0.4) is 0 Å². The summed E-state index contributed by atoms with van der Waals surface area (Å²) < 4.78 is 45.2. The van der Waals surface area contributed by atoms with Gasteiger partial charge in [-0.1, -0.05) is 6.07 Å². The van der Waals surface area contributed by atoms with Crippen LogP contribution in [0.25, 0.3) is 0 Å². The minimum absolute atomic E-state index is 0.0939. The molecule has 0 spiro atoms. The van der Waals surface area contributed by atoms with Crippen LogP contribution in [-0.4, -0.2) is 25.9 Å². The summed E-state index contributed by atoms with van der Waals surface area (Å²) in [6, 6.07) is 9.27. The Bertz CT molecular complexity index is 810. The molecule has 8 heteroatoms. The zero-order valence-corrected chi connectivity index (χ0v) is 13.5. The molecule has 6 nitrogen and oxygen atoms in total. The Kier molecular flexibility index (Phi) is 4.35. The normalized spacial score (nSPS) is 14.1. The summed E-state index contributed by atoms with van der Waals surface area (Å²) in [7, 11) is 1.50. The summed E-state index contributed by atoms with van der Waals surface area (Å²) in [4.78, 5) is 12.0. The molecular formula is C17H15F2NO5. The Morgan fingerprint density at radius 1 is 1.12 bits per heavy atom. The van der Waals surface area contributed by atoms with Gasteiger partial charge in [-0.2, -0.15) is 0 Å². The van der Waals surface area contributed by atoms with Crippen LogP contribution in [0, 0.1) is 6.92 Å². The number of hydrogen-bond acceptors (Lipinski definition) is 5. The number of benzene rings is 2. The number of anilines is 1. The molecule has 0 saturated heterocycles. The van der Waals surface area contributed by atoms with Crippen molar-refractivity contribution in [1.82, 2.24) is 0 Å². The summed E-state index contributed by atoms with van der Waals surface area (Å²) in [5.74, 6) is 0.229. The van der Waals surface area contributed by atoms with Crippen LogP contribution in [-0.2, 0) is 4.79 Å². The highest BCUT2D eigenvalue weighted by molar-refractivity contribution is 5.92. The minimum Gasteiger partial charge on any atom is -0.493 e. The molecule has 1 amide bonds. The van der Waals surface area contributed by atoms with Gasteiger partial charge in [-0.25, -0.2) is 0 Å². The van der Waals surface area contributed by atoms with Crippen LogP contribution in [0.15, 0.2) is 36.4 Å². The predicted octanol–water partition coefficient (Wildman–Crippen LogP) is 3.34. The van der Waals surface area contributed by atoms with Gasteiger partial charge < -0.3 is 24.3 Å². The average Bonchev–Trinajstić information content (AvgIpc) is 2.86. The van der Waals surface area contributed by atoms with Crippen LogP contribution in [0.5, 0.6) is 23.0 Å². The number of hydrogen-bond donors (Lipinski definition) is 1. The Balaban J connectivity index is 1.61. The minimum atomic E-state index is -3.70. The van der Waals surface area contributed by atoms with E-state index < -0.39 is 12.2 Å². The van der Waals surface area contributed by atoms with E-state index in [1.54, 1.807) is 12.1 Å². The molecule has 0 aliphatic carbocycles. The third-order valence-electron chi connectivity index (χ3n) is 3.36. The van der Waals surface area contributed by atoms with E-state index in [-0.39, 0.29) is 23.8 Å². The van der Waals surface area contributed by atoms with Crippen LogP contribution in [0.2, 0.25) is 0 Å². The number of ether oxygens (including phenoxy) is 4. The molecule has 132 valence electrons. The lowest BCUT2D eigenvalue weighted by molar-refractivity contribution is -0.286. The standard InChI is InChI=1S/C17H15F2NO5/c1-10-3-5-12(14(7-10)22-2)23-9-16(21)20-11-4-6-13-15(8-11)25-17(18,19)24-13/h3-8H,9H2,1-2H3,(H,20,21). The van der Waals surface area contributed by atoms with E-state index in [2.05, 4.69) is 14.8 Å². The number of carbonyl (C=O) groups is 1. The van der Waals surface area contributed by atoms with Crippen molar-refractivity contribution in [3.8, 4) is 23.0 Å². The first kappa shape index (κ1) is 16.8. The van der Waals surface area contributed by atoms with E-state index in [9.17, 15) is 13.6 Å². The highest BCUT2D eigenvalue weighted by Gasteiger charge is 2.43. The smallest absolute Gasteiger partial charge is 0.493 e. The van der Waals surface area contributed by atoms with Gasteiger partial charge in [0.05, 0.1) is 7.11 Å². The second kappa shape index (κ2) is 6.46. The number of fused-ring (bicyclic) bond motifs is 1. The van der Waals surface area contributed by atoms with Crippen molar-refractivity contribution in [1.29, 1.82) is 0 Å². The van der Waals surface area contributed by atoms with Crippen molar-refractivity contribution in [3.05, 3.63) is 42.0 Å². The molecule has 0 saturated carbocycles. The van der Waals surface area contributed by atoms with Crippen molar-refractivity contribution in [2.75, 3.05) is 19.0 Å². The van der Waals surface area contributed by atoms with Gasteiger partial charge in [-0.15, -0.1) is 8.78 Å². The first-order chi connectivity index (χ1) is 11.9. The van der Waals surface area contributed by atoms with Gasteiger partial charge in [0, 0.05) is 11.8 Å². The van der Waals surface area contributed by atoms with Crippen LogP contribution in [0.4, 0.5) is 14.5 Å². The van der Waals surface area contributed by atoms with E-state index in [1.165, 1.54) is 25.3 Å². The van der Waals surface area contributed by atoms with Crippen LogP contribution >= 0.6 is 0 Å². The molecule has 25 heavy (non-hydrogen) atoms. The predicted molar refractivity (Wildman–Crippen MR) is 84.5 cm³/mol. The number of nitrogens with one attached hydrogen (secondary N) is 1. The fourth-order valence-corrected chi connectivity index (χ4v) is 2.26. The van der Waals surface area contributed by atoms with Crippen molar-refractivity contribution in [3.63, 3.8) is 0 Å². The second-order valence-electron chi connectivity index (χ2n) is 5.32. The maximum absolute atomic E-state index is 13.0. The zero-order valence-electron chi connectivity index (χ0n) is 13.5. The number of carbonyl (C=O) groups excluding carboxylic acids is 1. The van der Waals surface area contributed by atoms with E-state index in [0.717, 1.165) is 5.56 Å². The fourth-order valence-electron chi connectivity index (χ4n) is 2.26. The van der Waals surface area contributed by atoms with Crippen molar-refractivity contribution >= 4 is 11.6 Å². The van der Waals surface area contributed by atoms with Gasteiger partial charge in [0.1, 0.15) is 0 Å². The first-order valence-electron chi connectivity index (χ1n) is 7.33. The molecule has 0 bridgehead atoms. The molecular weight excluding hydrogens is 336 g/mol. The van der Waals surface area contributed by atoms with E-state index >= 15 is 0 Å². The van der Waals surface area contributed by atoms with Crippen molar-refractivity contribution in [2.24, 2.45) is 0 Å². The first-order valence-corrected chi connectivity index (χ1v) is 7.33. The SMILES string of the molecule is COc1cc(C)ccc1OCC(=O)Nc1ccc2c(c1)OC(F)(F)O2. The Morgan fingerprint density at radius 2 is 1.88 bits per heavy atom. The molecule has 0 radical (unpaired) electrons. The monoisotopic (exact) mass is 351 g/mol. The second-order valence-corrected chi connectivity index (χ2v) is 5.32. The molecule has 1 N–H and O–H groups in total. The van der Waals surface area contributed by atoms with Crippen molar-refractivity contribution < 1.29 is 32.5 Å². The molecule has 0 unspecified atom stereocenters. The fraction of sp³-hybridized carbons (Fsp3) is 0.235. The van der Waals surface area contributed by atoms with E-state index in [4.69, 9.17) is 9.47 Å². The van der Waals surface area contributed by atoms with Crippen molar-refractivity contribution in [2.45, 2.75) is 13.2 Å². The lowest BCUT2D eigenvalue weighted by Gasteiger charge is -2.11. The maximum atomic E-state index is 13.0. The number of methoxy groups -OCH3 is 1. The lowest BCUT2D eigenvalue weighted by Crippen LogP contribution is -2.25. The molecule has 2 aromatic rings. The highest BCUT2D eigenvalue weighted by Crippen LogP contribution is 2.42. The summed E-state index contributed by atoms with van der Waals surface area (Å²) >= 11 is 0. The quantitative estimate of drug-likeness (QED) is 0.895. The van der Waals surface area contributed by atoms with E-state index in [1.807, 2.05) is 13.0 Å². The Hall–Kier alpha value is -3.03. The molecule has 1 aliphatic rings. The Labute approximate surface area is 142 Å². The zero-order chi connectivity index (χ0) is 18.0. The highest BCUT2D eigenvalue weighted by atomic mass is 19.3. The number of halogens is 2. The summed E-state index contributed by atoms with van der Waals surface area (Å²) in [6.07, 6.45) is -3.70. The molecule has 0 aromatic heterocycles. The molecule has 1 aliphatic heterocycles. The van der Waals surface area contributed by atoms with Gasteiger partial charge in [0.2, 0.25) is 0 Å². The number of amides is 1. The lowest BCUT2D eigenvalue weighted by atomic mass is 10.2. The average molecular weight is 351 g/mol. The maximum Gasteiger partial charge on any atom is 0.586 e. The molecule has 3 rings (SSSR count). The number of rotatable bonds is 5.